The SMILES string of the molecule is O=C(Nc1ccc(OCC2CCCO2)cc1)c1ccc(OCC2CCCO2)c(Br)c1. The first-order chi connectivity index (χ1) is 14.7. The van der Waals surface area contributed by atoms with Gasteiger partial charge in [-0.3, -0.25) is 4.79 Å². The molecule has 2 fully saturated rings. The Morgan fingerprint density at radius 2 is 1.63 bits per heavy atom. The van der Waals surface area contributed by atoms with E-state index in [0.717, 1.165) is 49.1 Å². The maximum Gasteiger partial charge on any atom is 0.255 e. The average molecular weight is 476 g/mol. The van der Waals surface area contributed by atoms with Crippen LogP contribution in [0.3, 0.4) is 0 Å². The summed E-state index contributed by atoms with van der Waals surface area (Å²) in [5.41, 5.74) is 1.25. The van der Waals surface area contributed by atoms with E-state index in [0.29, 0.717) is 30.2 Å². The molecular weight excluding hydrogens is 450 g/mol. The summed E-state index contributed by atoms with van der Waals surface area (Å²) in [6.07, 6.45) is 4.57. The lowest BCUT2D eigenvalue weighted by Gasteiger charge is -2.14. The third-order valence-corrected chi connectivity index (χ3v) is 5.83. The van der Waals surface area contributed by atoms with E-state index >= 15 is 0 Å². The fraction of sp³-hybridized carbons (Fsp3) is 0.435. The Morgan fingerprint density at radius 1 is 0.967 bits per heavy atom. The molecule has 2 unspecified atom stereocenters. The Kier molecular flexibility index (Phi) is 7.25. The molecule has 0 saturated carbocycles. The molecule has 0 aromatic heterocycles. The van der Waals surface area contributed by atoms with Crippen molar-refractivity contribution in [3.05, 3.63) is 52.5 Å². The maximum atomic E-state index is 12.6. The second kappa shape index (κ2) is 10.3. The van der Waals surface area contributed by atoms with E-state index in [1.54, 1.807) is 18.2 Å². The minimum Gasteiger partial charge on any atom is -0.491 e. The zero-order chi connectivity index (χ0) is 20.8. The third kappa shape index (κ3) is 5.74. The van der Waals surface area contributed by atoms with Gasteiger partial charge in [0.05, 0.1) is 16.7 Å². The number of hydrogen-bond donors (Lipinski definition) is 1. The van der Waals surface area contributed by atoms with Crippen LogP contribution in [0, 0.1) is 0 Å². The summed E-state index contributed by atoms with van der Waals surface area (Å²) in [4.78, 5) is 12.6. The summed E-state index contributed by atoms with van der Waals surface area (Å²) in [7, 11) is 0. The van der Waals surface area contributed by atoms with Gasteiger partial charge in [0.25, 0.3) is 5.91 Å². The summed E-state index contributed by atoms with van der Waals surface area (Å²) in [5, 5.41) is 2.91. The summed E-state index contributed by atoms with van der Waals surface area (Å²) in [5.74, 6) is 1.28. The van der Waals surface area contributed by atoms with Crippen molar-refractivity contribution in [3.63, 3.8) is 0 Å². The Morgan fingerprint density at radius 3 is 2.23 bits per heavy atom. The minimum atomic E-state index is -0.186. The Labute approximate surface area is 185 Å². The van der Waals surface area contributed by atoms with E-state index in [-0.39, 0.29) is 18.1 Å². The average Bonchev–Trinajstić information content (AvgIpc) is 3.46. The van der Waals surface area contributed by atoms with Gasteiger partial charge in [-0.05, 0) is 84.1 Å². The molecule has 0 spiro atoms. The predicted octanol–water partition coefficient (Wildman–Crippen LogP) is 4.82. The van der Waals surface area contributed by atoms with Gasteiger partial charge < -0.3 is 24.3 Å². The van der Waals surface area contributed by atoms with Crippen molar-refractivity contribution in [1.29, 1.82) is 0 Å². The van der Waals surface area contributed by atoms with Crippen LogP contribution in [0.1, 0.15) is 36.0 Å². The number of halogens is 1. The molecule has 2 atom stereocenters. The normalized spacial score (nSPS) is 20.8. The van der Waals surface area contributed by atoms with E-state index in [2.05, 4.69) is 21.2 Å². The highest BCUT2D eigenvalue weighted by Gasteiger charge is 2.18. The summed E-state index contributed by atoms with van der Waals surface area (Å²) in [6.45, 7) is 2.69. The van der Waals surface area contributed by atoms with Crippen molar-refractivity contribution in [1.82, 2.24) is 0 Å². The largest absolute Gasteiger partial charge is 0.491 e. The van der Waals surface area contributed by atoms with E-state index in [4.69, 9.17) is 18.9 Å². The molecule has 2 aromatic carbocycles. The number of hydrogen-bond acceptors (Lipinski definition) is 5. The molecule has 0 bridgehead atoms. The van der Waals surface area contributed by atoms with Gasteiger partial charge in [0.1, 0.15) is 24.7 Å². The maximum absolute atomic E-state index is 12.6. The highest BCUT2D eigenvalue weighted by molar-refractivity contribution is 9.10. The number of carbonyl (C=O) groups excluding carboxylic acids is 1. The molecule has 2 aliphatic rings. The Hall–Kier alpha value is -2.09. The lowest BCUT2D eigenvalue weighted by Crippen LogP contribution is -2.17. The summed E-state index contributed by atoms with van der Waals surface area (Å²) < 4.78 is 23.4. The van der Waals surface area contributed by atoms with Gasteiger partial charge in [0.2, 0.25) is 0 Å². The second-order valence-electron chi connectivity index (χ2n) is 7.52. The molecule has 2 saturated heterocycles. The van der Waals surface area contributed by atoms with Gasteiger partial charge in [-0.2, -0.15) is 0 Å². The lowest BCUT2D eigenvalue weighted by atomic mass is 10.2. The van der Waals surface area contributed by atoms with E-state index in [1.165, 1.54) is 0 Å². The van der Waals surface area contributed by atoms with Crippen LogP contribution in [0.25, 0.3) is 0 Å². The van der Waals surface area contributed by atoms with Crippen molar-refractivity contribution >= 4 is 27.5 Å². The lowest BCUT2D eigenvalue weighted by molar-refractivity contribution is 0.0677. The first kappa shape index (κ1) is 21.2. The molecule has 4 rings (SSSR count). The summed E-state index contributed by atoms with van der Waals surface area (Å²) in [6, 6.07) is 12.7. The quantitative estimate of drug-likeness (QED) is 0.592. The molecular formula is C23H26BrNO5. The molecule has 0 aliphatic carbocycles. The molecule has 1 amide bonds. The first-order valence-corrected chi connectivity index (χ1v) is 11.2. The molecule has 30 heavy (non-hydrogen) atoms. The minimum absolute atomic E-state index is 0.150. The van der Waals surface area contributed by atoms with Gasteiger partial charge in [-0.15, -0.1) is 0 Å². The topological polar surface area (TPSA) is 66.0 Å². The number of ether oxygens (including phenoxy) is 4. The second-order valence-corrected chi connectivity index (χ2v) is 8.37. The Balaban J connectivity index is 1.28. The fourth-order valence-electron chi connectivity index (χ4n) is 3.52. The van der Waals surface area contributed by atoms with E-state index in [9.17, 15) is 4.79 Å². The molecule has 160 valence electrons. The number of rotatable bonds is 8. The zero-order valence-corrected chi connectivity index (χ0v) is 18.4. The van der Waals surface area contributed by atoms with Crippen LogP contribution in [0.15, 0.2) is 46.9 Å². The van der Waals surface area contributed by atoms with Crippen molar-refractivity contribution in [2.45, 2.75) is 37.9 Å². The van der Waals surface area contributed by atoms with Crippen molar-refractivity contribution in [2.75, 3.05) is 31.7 Å². The number of amides is 1. The van der Waals surface area contributed by atoms with Crippen LogP contribution in [-0.4, -0.2) is 44.5 Å². The van der Waals surface area contributed by atoms with Gasteiger partial charge in [0.15, 0.2) is 0 Å². The monoisotopic (exact) mass is 475 g/mol. The van der Waals surface area contributed by atoms with Gasteiger partial charge >= 0.3 is 0 Å². The molecule has 2 aromatic rings. The van der Waals surface area contributed by atoms with Crippen molar-refractivity contribution in [2.24, 2.45) is 0 Å². The van der Waals surface area contributed by atoms with Crippen LogP contribution in [0.5, 0.6) is 11.5 Å². The number of nitrogens with one attached hydrogen (secondary N) is 1. The first-order valence-electron chi connectivity index (χ1n) is 10.4. The standard InChI is InChI=1S/C23H26BrNO5/c24-21-13-16(5-10-22(21)30-15-20-4-2-12-28-20)23(26)25-17-6-8-18(9-7-17)29-14-19-3-1-11-27-19/h5-10,13,19-20H,1-4,11-12,14-15H2,(H,25,26). The van der Waals surface area contributed by atoms with Crippen LogP contribution in [0.2, 0.25) is 0 Å². The molecule has 7 heteroatoms. The smallest absolute Gasteiger partial charge is 0.255 e. The van der Waals surface area contributed by atoms with Gasteiger partial charge in [-0.25, -0.2) is 0 Å². The van der Waals surface area contributed by atoms with Crippen LogP contribution < -0.4 is 14.8 Å². The van der Waals surface area contributed by atoms with E-state index in [1.807, 2.05) is 24.3 Å². The Bertz CT molecular complexity index is 845. The number of anilines is 1. The van der Waals surface area contributed by atoms with Gasteiger partial charge in [-0.1, -0.05) is 0 Å². The fourth-order valence-corrected chi connectivity index (χ4v) is 4.01. The molecule has 2 heterocycles. The molecule has 0 radical (unpaired) electrons. The predicted molar refractivity (Wildman–Crippen MR) is 117 cm³/mol. The number of benzene rings is 2. The van der Waals surface area contributed by atoms with Crippen molar-refractivity contribution in [3.8, 4) is 11.5 Å². The van der Waals surface area contributed by atoms with Crippen LogP contribution >= 0.6 is 15.9 Å². The van der Waals surface area contributed by atoms with Crippen molar-refractivity contribution < 1.29 is 23.7 Å². The molecule has 1 N–H and O–H groups in total. The molecule has 2 aliphatic heterocycles. The molecule has 6 nitrogen and oxygen atoms in total. The highest BCUT2D eigenvalue weighted by atomic mass is 79.9. The van der Waals surface area contributed by atoms with Crippen LogP contribution in [-0.2, 0) is 9.47 Å². The zero-order valence-electron chi connectivity index (χ0n) is 16.8. The number of carbonyl (C=O) groups is 1. The highest BCUT2D eigenvalue weighted by Crippen LogP contribution is 2.27. The third-order valence-electron chi connectivity index (χ3n) is 5.21. The summed E-state index contributed by atoms with van der Waals surface area (Å²) >= 11 is 3.49. The van der Waals surface area contributed by atoms with Gasteiger partial charge in [0, 0.05) is 24.5 Å². The van der Waals surface area contributed by atoms with E-state index < -0.39 is 0 Å². The van der Waals surface area contributed by atoms with Crippen LogP contribution in [0.4, 0.5) is 5.69 Å².